The summed E-state index contributed by atoms with van der Waals surface area (Å²) in [5.41, 5.74) is 60.0. The molecule has 698 valence electrons. The molecule has 12 aliphatic rings. The highest BCUT2D eigenvalue weighted by Crippen LogP contribution is 2.59. The molecule has 135 heavy (non-hydrogen) atoms. The van der Waals surface area contributed by atoms with Crippen molar-refractivity contribution >= 4 is 0 Å². The van der Waals surface area contributed by atoms with Gasteiger partial charge in [0, 0.05) is 46.5 Å². The summed E-state index contributed by atoms with van der Waals surface area (Å²) in [5, 5.41) is 0. The fraction of sp³-hybridized carbons (Fsp3) is 0.481. The number of nitrogens with zero attached hydrogens (tertiary/aromatic N) is 4. The van der Waals surface area contributed by atoms with Crippen LogP contribution in [0.3, 0.4) is 0 Å². The van der Waals surface area contributed by atoms with Crippen molar-refractivity contribution in [3.05, 3.63) is 304 Å². The Morgan fingerprint density at radius 2 is 0.504 bits per heavy atom. The highest BCUT2D eigenvalue weighted by Gasteiger charge is 2.44. The number of hydrogen-bond donors (Lipinski definition) is 0. The first-order valence-corrected chi connectivity index (χ1v) is 54.3. The highest BCUT2D eigenvalue weighted by molar-refractivity contribution is 5.90. The normalized spacial score (nSPS) is 20.5. The molecule has 12 aromatic rings. The minimum absolute atomic E-state index is 0.686. The van der Waals surface area contributed by atoms with Crippen LogP contribution < -0.4 is 18.3 Å². The molecule has 0 amide bonds. The molecule has 8 fully saturated rings. The summed E-state index contributed by atoms with van der Waals surface area (Å²) in [6, 6.07) is 58.6. The quantitative estimate of drug-likeness (QED) is 0.135. The lowest BCUT2D eigenvalue weighted by Gasteiger charge is -2.43. The third-order valence-electron chi connectivity index (χ3n) is 38.3. The zero-order valence-corrected chi connectivity index (χ0v) is 85.6. The molecule has 12 aliphatic carbocycles. The third-order valence-corrected chi connectivity index (χ3v) is 38.3. The topological polar surface area (TPSA) is 15.5 Å². The standard InChI is InChI=1S/3C33H40N.C32H38N/c1-22-18-23(2)32(29-19-26-10-6-7-11-27(26)31(22)29)30-20-28(24(3)21-34(30)4)25-12-16-33(17-13-25)14-8-5-9-15-33;1-22-8-10-26-19-30-27(29(26)18-22)11-9-23(2)32(30)31-20-28(24(3)21-34(31)4)25-12-16-33(17-13-25)14-6-5-7-15-33;1-22-9-8-10-26-19-29-27(31(22)26)12-11-23(2)32(29)30-20-28(24(3)21-34(30)4)25-13-17-33(18-14-25)15-6-5-7-16-33;1-22-11-12-27-26-10-6-5-9-25(26)19-29(27)31(22)30-20-28(23(2)21-33(30)3)24-13-17-32(18-14-24)15-7-4-8-16-32/h6-7,10-11,18,20-21,25H,5,8-9,12-17,19H2,1-4H3;8-11,18,20-21,25H,5-7,12-17,19H2,1-4H3;8-12,20-21,25H,5-7,13-19H2,1-4H3;5-6,9-12,20-21,24H,4,7-8,13-19H2,1-3H3/q4*+1. The highest BCUT2D eigenvalue weighted by atomic mass is 14.9. The average molecular weight is 1790 g/mol. The molecule has 0 aliphatic heterocycles. The number of aromatic nitrogens is 4. The van der Waals surface area contributed by atoms with E-state index in [1.54, 1.807) is 22.3 Å². The van der Waals surface area contributed by atoms with Crippen LogP contribution in [-0.4, -0.2) is 0 Å². The molecule has 0 bridgehead atoms. The van der Waals surface area contributed by atoms with E-state index in [0.29, 0.717) is 21.7 Å². The Morgan fingerprint density at radius 3 is 0.896 bits per heavy atom. The lowest BCUT2D eigenvalue weighted by atomic mass is 9.62. The monoisotopic (exact) mass is 1790 g/mol. The number of aryl methyl sites for hydroxylation is 15. The van der Waals surface area contributed by atoms with Crippen molar-refractivity contribution in [2.75, 3.05) is 0 Å². The van der Waals surface area contributed by atoms with E-state index in [4.69, 9.17) is 0 Å². The molecule has 0 radical (unpaired) electrons. The molecule has 0 atom stereocenters. The Kier molecular flexibility index (Phi) is 25.6. The lowest BCUT2D eigenvalue weighted by molar-refractivity contribution is -0.661. The molecule has 8 saturated carbocycles. The third kappa shape index (κ3) is 17.5. The van der Waals surface area contributed by atoms with Crippen LogP contribution in [0.5, 0.6) is 0 Å². The van der Waals surface area contributed by atoms with Gasteiger partial charge in [-0.15, -0.1) is 0 Å². The van der Waals surface area contributed by atoms with Gasteiger partial charge in [0.15, 0.2) is 24.8 Å². The van der Waals surface area contributed by atoms with Crippen molar-refractivity contribution in [1.29, 1.82) is 0 Å². The van der Waals surface area contributed by atoms with E-state index in [0.717, 1.165) is 49.4 Å². The molecule has 4 spiro atoms. The van der Waals surface area contributed by atoms with Crippen LogP contribution in [0, 0.1) is 97.8 Å². The first-order chi connectivity index (χ1) is 65.4. The van der Waals surface area contributed by atoms with Gasteiger partial charge in [0.1, 0.15) is 28.2 Å². The van der Waals surface area contributed by atoms with E-state index in [1.807, 2.05) is 0 Å². The van der Waals surface area contributed by atoms with E-state index in [-0.39, 0.29) is 0 Å². The molecule has 8 aromatic carbocycles. The number of rotatable bonds is 8. The van der Waals surface area contributed by atoms with E-state index >= 15 is 0 Å². The van der Waals surface area contributed by atoms with E-state index in [2.05, 4.69) is 299 Å². The largest absolute Gasteiger partial charge is 0.213 e. The number of pyridine rings is 4. The van der Waals surface area contributed by atoms with Gasteiger partial charge in [-0.05, 0) is 446 Å². The second-order valence-electron chi connectivity index (χ2n) is 46.9. The van der Waals surface area contributed by atoms with Crippen LogP contribution in [-0.2, 0) is 53.9 Å². The summed E-state index contributed by atoms with van der Waals surface area (Å²) in [5.74, 6) is 2.91. The van der Waals surface area contributed by atoms with Crippen molar-refractivity contribution in [2.45, 2.75) is 357 Å². The van der Waals surface area contributed by atoms with Crippen molar-refractivity contribution in [3.63, 3.8) is 0 Å². The molecular formula is C131H158N4+4. The molecule has 4 aromatic heterocycles. The molecule has 0 saturated heterocycles. The Morgan fingerprint density at radius 1 is 0.207 bits per heavy atom. The minimum atomic E-state index is 0.686. The van der Waals surface area contributed by atoms with E-state index in [1.165, 1.54) is 426 Å². The summed E-state index contributed by atoms with van der Waals surface area (Å²) in [6.45, 7) is 25.3. The molecule has 4 heterocycles. The van der Waals surface area contributed by atoms with Gasteiger partial charge < -0.3 is 0 Å². The molecule has 4 heteroatoms. The maximum Gasteiger partial charge on any atom is 0.213 e. The lowest BCUT2D eigenvalue weighted by Crippen LogP contribution is -2.33. The van der Waals surface area contributed by atoms with Crippen molar-refractivity contribution in [1.82, 2.24) is 0 Å². The number of benzene rings is 8. The second-order valence-corrected chi connectivity index (χ2v) is 46.9. The maximum atomic E-state index is 2.58. The zero-order chi connectivity index (χ0) is 92.9. The first-order valence-electron chi connectivity index (χ1n) is 54.3. The smallest absolute Gasteiger partial charge is 0.201 e. The average Bonchev–Trinajstić information content (AvgIpc) is 1.61. The SMILES string of the molecule is Cc1c[n+](C)c(-c2c(C)cc(C)c3c2Cc2ccccc2-3)cc1C1CCC2(CCCCC2)CC1.Cc1c[n+](C)c(-c2c(C)ccc3c2Cc2cccc(C)c2-3)cc1C1CCC2(CCCCC2)CC1.Cc1c[n+](C)c(-c2c(C)ccc3c2Cc2ccccc2-3)cc1C1CCC2(CCCCC2)CC1.Cc1ccc2c(c1)-c1ccc(C)c(-c3cc(C4CCC5(CCCCC5)CC4)c(C)c[n+]3C)c1C2. The summed E-state index contributed by atoms with van der Waals surface area (Å²) >= 11 is 0. The second kappa shape index (κ2) is 37.6. The van der Waals surface area contributed by atoms with Crippen molar-refractivity contribution < 1.29 is 18.3 Å². The summed E-state index contributed by atoms with van der Waals surface area (Å²) in [6.07, 6.45) is 66.0. The molecule has 24 rings (SSSR count). The van der Waals surface area contributed by atoms with Gasteiger partial charge in [-0.1, -0.05) is 210 Å². The molecule has 4 nitrogen and oxygen atoms in total. The van der Waals surface area contributed by atoms with Crippen LogP contribution >= 0.6 is 0 Å². The van der Waals surface area contributed by atoms with Gasteiger partial charge in [0.2, 0.25) is 22.8 Å². The van der Waals surface area contributed by atoms with Crippen LogP contribution in [0.1, 0.15) is 383 Å². The van der Waals surface area contributed by atoms with Crippen LogP contribution in [0.25, 0.3) is 89.5 Å². The Hall–Kier alpha value is -9.64. The first kappa shape index (κ1) is 91.8. The fourth-order valence-electron chi connectivity index (χ4n) is 30.9. The Labute approximate surface area is 813 Å². The van der Waals surface area contributed by atoms with Gasteiger partial charge in [0.05, 0.1) is 22.3 Å². The van der Waals surface area contributed by atoms with Gasteiger partial charge in [-0.25, -0.2) is 18.3 Å². The summed E-state index contributed by atoms with van der Waals surface area (Å²) < 4.78 is 9.56. The van der Waals surface area contributed by atoms with E-state index < -0.39 is 0 Å². The predicted octanol–water partition coefficient (Wildman–Crippen LogP) is 32.8. The van der Waals surface area contributed by atoms with Gasteiger partial charge >= 0.3 is 0 Å². The van der Waals surface area contributed by atoms with Crippen LogP contribution in [0.2, 0.25) is 0 Å². The van der Waals surface area contributed by atoms with Crippen LogP contribution in [0.15, 0.2) is 176 Å². The van der Waals surface area contributed by atoms with E-state index in [9.17, 15) is 0 Å². The zero-order valence-electron chi connectivity index (χ0n) is 85.6. The predicted molar refractivity (Wildman–Crippen MR) is 564 cm³/mol. The van der Waals surface area contributed by atoms with Crippen molar-refractivity contribution in [2.24, 2.45) is 49.9 Å². The maximum absolute atomic E-state index is 2.58. The number of fused-ring (bicyclic) bond motifs is 12. The molecular weight excluding hydrogens is 1630 g/mol. The molecule has 0 N–H and O–H groups in total. The number of hydrogen-bond acceptors (Lipinski definition) is 0. The van der Waals surface area contributed by atoms with Gasteiger partial charge in [-0.3, -0.25) is 0 Å². The van der Waals surface area contributed by atoms with Gasteiger partial charge in [0.25, 0.3) is 0 Å². The Bertz CT molecular complexity index is 6520. The van der Waals surface area contributed by atoms with Crippen LogP contribution in [0.4, 0.5) is 0 Å². The minimum Gasteiger partial charge on any atom is -0.201 e. The van der Waals surface area contributed by atoms with Gasteiger partial charge in [-0.2, -0.15) is 0 Å². The summed E-state index contributed by atoms with van der Waals surface area (Å²) in [4.78, 5) is 0. The fourth-order valence-corrected chi connectivity index (χ4v) is 30.9. The summed E-state index contributed by atoms with van der Waals surface area (Å²) in [7, 11) is 8.98. The molecule has 0 unspecified atom stereocenters. The van der Waals surface area contributed by atoms with Crippen molar-refractivity contribution in [3.8, 4) is 89.5 Å². The Balaban J connectivity index is 0.000000108.